The van der Waals surface area contributed by atoms with Gasteiger partial charge in [0.1, 0.15) is 0 Å². The van der Waals surface area contributed by atoms with Crippen LogP contribution in [0.1, 0.15) is 19.3 Å². The molecule has 0 bridgehead atoms. The van der Waals surface area contributed by atoms with Crippen LogP contribution < -0.4 is 10.5 Å². The van der Waals surface area contributed by atoms with Crippen LogP contribution in [0.5, 0.6) is 0 Å². The molecular formula is C11H17N3O3S. The first-order chi connectivity index (χ1) is 8.49. The van der Waals surface area contributed by atoms with Gasteiger partial charge in [0, 0.05) is 19.9 Å². The van der Waals surface area contributed by atoms with Gasteiger partial charge in [-0.2, -0.15) is 0 Å². The van der Waals surface area contributed by atoms with E-state index in [-0.39, 0.29) is 22.9 Å². The van der Waals surface area contributed by atoms with Gasteiger partial charge in [-0.3, -0.25) is 0 Å². The predicted octanol–water partition coefficient (Wildman–Crippen LogP) is 0.511. The van der Waals surface area contributed by atoms with Gasteiger partial charge >= 0.3 is 0 Å². The second-order valence-electron chi connectivity index (χ2n) is 4.46. The van der Waals surface area contributed by atoms with Crippen molar-refractivity contribution in [1.29, 1.82) is 0 Å². The van der Waals surface area contributed by atoms with Gasteiger partial charge in [-0.1, -0.05) is 0 Å². The van der Waals surface area contributed by atoms with Crippen LogP contribution >= 0.6 is 0 Å². The van der Waals surface area contributed by atoms with E-state index in [1.54, 1.807) is 13.2 Å². The molecule has 3 N–H and O–H groups in total. The Morgan fingerprint density at radius 2 is 2.28 bits per heavy atom. The first kappa shape index (κ1) is 13.3. The number of nitrogens with one attached hydrogen (secondary N) is 1. The topological polar surface area (TPSA) is 94.3 Å². The lowest BCUT2D eigenvalue weighted by Crippen LogP contribution is -2.49. The number of anilines is 1. The summed E-state index contributed by atoms with van der Waals surface area (Å²) in [6, 6.07) is 3.11. The van der Waals surface area contributed by atoms with Gasteiger partial charge in [0.2, 0.25) is 0 Å². The molecule has 1 aliphatic rings. The fraction of sp³-hybridized carbons (Fsp3) is 0.545. The molecule has 0 unspecified atom stereocenters. The third kappa shape index (κ3) is 2.47. The zero-order valence-corrected chi connectivity index (χ0v) is 11.0. The summed E-state index contributed by atoms with van der Waals surface area (Å²) in [5.41, 5.74) is 5.39. The van der Waals surface area contributed by atoms with Crippen LogP contribution in [0.4, 0.5) is 5.69 Å². The summed E-state index contributed by atoms with van der Waals surface area (Å²) in [4.78, 5) is 3.80. The Morgan fingerprint density at radius 1 is 1.56 bits per heavy atom. The van der Waals surface area contributed by atoms with Crippen LogP contribution in [0.25, 0.3) is 0 Å². The van der Waals surface area contributed by atoms with E-state index >= 15 is 0 Å². The molecule has 2 rings (SSSR count). The van der Waals surface area contributed by atoms with Crippen LogP contribution in [-0.4, -0.2) is 32.7 Å². The highest BCUT2D eigenvalue weighted by Crippen LogP contribution is 2.34. The van der Waals surface area contributed by atoms with Crippen molar-refractivity contribution in [3.8, 4) is 0 Å². The van der Waals surface area contributed by atoms with Gasteiger partial charge in [0.25, 0.3) is 10.0 Å². The maximum absolute atomic E-state index is 12.0. The molecule has 18 heavy (non-hydrogen) atoms. The molecule has 7 heteroatoms. The number of rotatable bonds is 5. The third-order valence-corrected chi connectivity index (χ3v) is 4.71. The van der Waals surface area contributed by atoms with Crippen LogP contribution in [0, 0.1) is 0 Å². The standard InChI is InChI=1S/C11H17N3O3S/c1-17-11(5-3-6-11)8-14-18(15,16)10-9(12)4-2-7-13-10/h2,4,7,14H,3,5-6,8,12H2,1H3. The highest BCUT2D eigenvalue weighted by molar-refractivity contribution is 7.89. The smallest absolute Gasteiger partial charge is 0.260 e. The summed E-state index contributed by atoms with van der Waals surface area (Å²) >= 11 is 0. The van der Waals surface area contributed by atoms with Crippen molar-refractivity contribution in [3.63, 3.8) is 0 Å². The number of pyridine rings is 1. The summed E-state index contributed by atoms with van der Waals surface area (Å²) in [6.45, 7) is 0.252. The second kappa shape index (κ2) is 4.83. The van der Waals surface area contributed by atoms with E-state index in [9.17, 15) is 8.42 Å². The molecule has 6 nitrogen and oxygen atoms in total. The van der Waals surface area contributed by atoms with E-state index in [4.69, 9.17) is 10.5 Å². The summed E-state index contributed by atoms with van der Waals surface area (Å²) < 4.78 is 32.0. The number of nitrogens with zero attached hydrogens (tertiary/aromatic N) is 1. The molecular weight excluding hydrogens is 254 g/mol. The zero-order valence-electron chi connectivity index (χ0n) is 10.2. The monoisotopic (exact) mass is 271 g/mol. The SMILES string of the molecule is COC1(CNS(=O)(=O)c2ncccc2N)CCC1. The molecule has 1 aromatic rings. The van der Waals surface area contributed by atoms with Crippen molar-refractivity contribution in [2.45, 2.75) is 29.9 Å². The van der Waals surface area contributed by atoms with Gasteiger partial charge in [-0.15, -0.1) is 0 Å². The molecule has 0 aliphatic heterocycles. The van der Waals surface area contributed by atoms with Crippen LogP contribution in [0.2, 0.25) is 0 Å². The number of nitrogens with two attached hydrogens (primary N) is 1. The largest absolute Gasteiger partial charge is 0.396 e. The highest BCUT2D eigenvalue weighted by atomic mass is 32.2. The first-order valence-electron chi connectivity index (χ1n) is 5.74. The van der Waals surface area contributed by atoms with E-state index in [2.05, 4.69) is 9.71 Å². The molecule has 1 saturated carbocycles. The minimum Gasteiger partial charge on any atom is -0.396 e. The van der Waals surface area contributed by atoms with E-state index in [0.29, 0.717) is 0 Å². The number of nitrogen functional groups attached to an aromatic ring is 1. The van der Waals surface area contributed by atoms with Crippen LogP contribution in [0.3, 0.4) is 0 Å². The fourth-order valence-corrected chi connectivity index (χ4v) is 3.11. The second-order valence-corrected chi connectivity index (χ2v) is 6.15. The summed E-state index contributed by atoms with van der Waals surface area (Å²) in [6.07, 6.45) is 4.19. The van der Waals surface area contributed by atoms with Crippen LogP contribution in [0.15, 0.2) is 23.4 Å². The molecule has 1 heterocycles. The number of hydrogen-bond donors (Lipinski definition) is 2. The van der Waals surface area contributed by atoms with Gasteiger partial charge in [-0.05, 0) is 31.4 Å². The van der Waals surface area contributed by atoms with E-state index in [1.165, 1.54) is 12.3 Å². The van der Waals surface area contributed by atoms with Crippen molar-refractivity contribution < 1.29 is 13.2 Å². The van der Waals surface area contributed by atoms with Crippen LogP contribution in [-0.2, 0) is 14.8 Å². The maximum atomic E-state index is 12.0. The Morgan fingerprint density at radius 3 is 2.78 bits per heavy atom. The summed E-state index contributed by atoms with van der Waals surface area (Å²) in [5, 5.41) is -0.129. The van der Waals surface area contributed by atoms with Gasteiger partial charge < -0.3 is 10.5 Å². The average molecular weight is 271 g/mol. The Labute approximate surface area is 107 Å². The number of aromatic nitrogens is 1. The molecule has 0 radical (unpaired) electrons. The molecule has 1 fully saturated rings. The summed E-state index contributed by atoms with van der Waals surface area (Å²) in [7, 11) is -2.08. The quantitative estimate of drug-likeness (QED) is 0.813. The Bertz CT molecular complexity index is 521. The molecule has 0 saturated heterocycles. The van der Waals surface area contributed by atoms with E-state index in [0.717, 1.165) is 19.3 Å². The number of ether oxygens (including phenoxy) is 1. The van der Waals surface area contributed by atoms with Gasteiger partial charge in [-0.25, -0.2) is 18.1 Å². The average Bonchev–Trinajstić information content (AvgIpc) is 2.28. The molecule has 0 aromatic carbocycles. The minimum absolute atomic E-state index is 0.129. The summed E-state index contributed by atoms with van der Waals surface area (Å²) in [5.74, 6) is 0. The van der Waals surface area contributed by atoms with E-state index in [1.807, 2.05) is 0 Å². The predicted molar refractivity (Wildman–Crippen MR) is 67.4 cm³/mol. The lowest BCUT2D eigenvalue weighted by Gasteiger charge is -2.40. The van der Waals surface area contributed by atoms with Crippen molar-refractivity contribution in [3.05, 3.63) is 18.3 Å². The van der Waals surface area contributed by atoms with Crippen molar-refractivity contribution >= 4 is 15.7 Å². The maximum Gasteiger partial charge on any atom is 0.260 e. The fourth-order valence-electron chi connectivity index (χ4n) is 1.95. The van der Waals surface area contributed by atoms with E-state index < -0.39 is 10.0 Å². The molecule has 1 aliphatic carbocycles. The third-order valence-electron chi connectivity index (χ3n) is 3.34. The molecule has 0 atom stereocenters. The molecule has 100 valence electrons. The van der Waals surface area contributed by atoms with Crippen molar-refractivity contribution in [1.82, 2.24) is 9.71 Å². The molecule has 1 aromatic heterocycles. The lowest BCUT2D eigenvalue weighted by molar-refractivity contribution is -0.0659. The van der Waals surface area contributed by atoms with Crippen molar-refractivity contribution in [2.75, 3.05) is 19.4 Å². The number of sulfonamides is 1. The highest BCUT2D eigenvalue weighted by Gasteiger charge is 2.38. The molecule has 0 amide bonds. The first-order valence-corrected chi connectivity index (χ1v) is 7.23. The Kier molecular flexibility index (Phi) is 3.56. The lowest BCUT2D eigenvalue weighted by atomic mass is 9.80. The Balaban J connectivity index is 2.11. The van der Waals surface area contributed by atoms with Gasteiger partial charge in [0.05, 0.1) is 11.3 Å². The normalized spacial score (nSPS) is 18.3. The Hall–Kier alpha value is -1.18. The minimum atomic E-state index is -3.68. The number of hydrogen-bond acceptors (Lipinski definition) is 5. The van der Waals surface area contributed by atoms with Crippen molar-refractivity contribution in [2.24, 2.45) is 0 Å². The van der Waals surface area contributed by atoms with Gasteiger partial charge in [0.15, 0.2) is 5.03 Å². The zero-order chi connectivity index (χ0) is 13.2. The number of methoxy groups -OCH3 is 1. The molecule has 0 spiro atoms.